The van der Waals surface area contributed by atoms with Crippen LogP contribution in [0, 0.1) is 5.82 Å². The number of nitrogens with zero attached hydrogens (tertiary/aromatic N) is 1. The minimum absolute atomic E-state index is 0.0344. The lowest BCUT2D eigenvalue weighted by molar-refractivity contribution is -0.113. The number of amides is 1. The summed E-state index contributed by atoms with van der Waals surface area (Å²) in [5, 5.41) is 3.27. The Kier molecular flexibility index (Phi) is 5.45. The Hall–Kier alpha value is -2.25. The van der Waals surface area contributed by atoms with Crippen LogP contribution < -0.4 is 10.1 Å². The number of aromatic nitrogens is 2. The van der Waals surface area contributed by atoms with Gasteiger partial charge in [-0.25, -0.2) is 9.37 Å². The molecule has 0 aliphatic carbocycles. The van der Waals surface area contributed by atoms with E-state index in [9.17, 15) is 9.18 Å². The number of hydrogen-bond donors (Lipinski definition) is 2. The van der Waals surface area contributed by atoms with Crippen molar-refractivity contribution in [1.29, 1.82) is 0 Å². The summed E-state index contributed by atoms with van der Waals surface area (Å²) >= 11 is 6.97. The predicted octanol–water partition coefficient (Wildman–Crippen LogP) is 4.48. The molecule has 1 aromatic heterocycles. The van der Waals surface area contributed by atoms with E-state index in [0.717, 1.165) is 16.8 Å². The first-order chi connectivity index (χ1) is 12.0. The average molecular weight is 380 g/mol. The Balaban J connectivity index is 1.61. The maximum atomic E-state index is 13.1. The summed E-state index contributed by atoms with van der Waals surface area (Å²) in [4.78, 5) is 19.6. The zero-order chi connectivity index (χ0) is 17.8. The SMILES string of the molecule is CCOc1ccc2nc(SCC(=O)Nc3ccc(F)c(Cl)c3)[nH]c2c1. The maximum absolute atomic E-state index is 13.1. The Morgan fingerprint density at radius 3 is 2.96 bits per heavy atom. The van der Waals surface area contributed by atoms with Gasteiger partial charge in [0, 0.05) is 11.8 Å². The third-order valence-corrected chi connectivity index (χ3v) is 4.45. The monoisotopic (exact) mass is 379 g/mol. The Morgan fingerprint density at radius 2 is 2.20 bits per heavy atom. The Morgan fingerprint density at radius 1 is 1.36 bits per heavy atom. The van der Waals surface area contributed by atoms with Crippen LogP contribution in [0.5, 0.6) is 5.75 Å². The van der Waals surface area contributed by atoms with Gasteiger partial charge in [0.2, 0.25) is 5.91 Å². The zero-order valence-corrected chi connectivity index (χ0v) is 14.9. The average Bonchev–Trinajstić information content (AvgIpc) is 2.99. The van der Waals surface area contributed by atoms with Crippen molar-refractivity contribution in [3.8, 4) is 5.75 Å². The second-order valence-corrected chi connectivity index (χ2v) is 6.49. The molecule has 130 valence electrons. The molecule has 0 bridgehead atoms. The lowest BCUT2D eigenvalue weighted by atomic mass is 10.3. The molecule has 0 aliphatic heterocycles. The lowest BCUT2D eigenvalue weighted by Crippen LogP contribution is -2.14. The number of carbonyl (C=O) groups is 1. The molecule has 8 heteroatoms. The van der Waals surface area contributed by atoms with Crippen molar-refractivity contribution in [2.45, 2.75) is 12.1 Å². The highest BCUT2D eigenvalue weighted by Crippen LogP contribution is 2.24. The van der Waals surface area contributed by atoms with Gasteiger partial charge in [0.15, 0.2) is 5.16 Å². The van der Waals surface area contributed by atoms with E-state index in [1.807, 2.05) is 25.1 Å². The normalized spacial score (nSPS) is 10.8. The van der Waals surface area contributed by atoms with Gasteiger partial charge in [-0.2, -0.15) is 0 Å². The molecule has 0 fully saturated rings. The number of benzene rings is 2. The Labute approximate surface area is 152 Å². The summed E-state index contributed by atoms with van der Waals surface area (Å²) in [7, 11) is 0. The molecule has 5 nitrogen and oxygen atoms in total. The molecule has 0 saturated carbocycles. The number of nitrogens with one attached hydrogen (secondary N) is 2. The molecule has 0 atom stereocenters. The number of aromatic amines is 1. The second kappa shape index (κ2) is 7.76. The van der Waals surface area contributed by atoms with E-state index in [-0.39, 0.29) is 16.7 Å². The van der Waals surface area contributed by atoms with Gasteiger partial charge in [0.1, 0.15) is 11.6 Å². The van der Waals surface area contributed by atoms with E-state index < -0.39 is 5.82 Å². The molecule has 0 unspecified atom stereocenters. The van der Waals surface area contributed by atoms with Gasteiger partial charge in [0.05, 0.1) is 28.4 Å². The van der Waals surface area contributed by atoms with E-state index >= 15 is 0 Å². The van der Waals surface area contributed by atoms with Crippen molar-refractivity contribution >= 4 is 46.0 Å². The minimum atomic E-state index is -0.525. The number of rotatable bonds is 6. The molecule has 0 radical (unpaired) electrons. The summed E-state index contributed by atoms with van der Waals surface area (Å²) < 4.78 is 18.6. The first-order valence-corrected chi connectivity index (χ1v) is 8.92. The van der Waals surface area contributed by atoms with Crippen molar-refractivity contribution in [1.82, 2.24) is 9.97 Å². The van der Waals surface area contributed by atoms with Gasteiger partial charge in [-0.15, -0.1) is 0 Å². The smallest absolute Gasteiger partial charge is 0.234 e. The summed E-state index contributed by atoms with van der Waals surface area (Å²) in [6.07, 6.45) is 0. The third kappa shape index (κ3) is 4.43. The molecule has 3 aromatic rings. The van der Waals surface area contributed by atoms with Crippen LogP contribution in [0.4, 0.5) is 10.1 Å². The minimum Gasteiger partial charge on any atom is -0.494 e. The summed E-state index contributed by atoms with van der Waals surface area (Å²) in [6.45, 7) is 2.51. The lowest BCUT2D eigenvalue weighted by Gasteiger charge is -2.05. The van der Waals surface area contributed by atoms with E-state index in [2.05, 4.69) is 15.3 Å². The van der Waals surface area contributed by atoms with Crippen LogP contribution in [0.25, 0.3) is 11.0 Å². The number of ether oxygens (including phenoxy) is 1. The molecule has 0 aliphatic rings. The predicted molar refractivity (Wildman–Crippen MR) is 98.0 cm³/mol. The van der Waals surface area contributed by atoms with E-state index in [1.54, 1.807) is 0 Å². The highest BCUT2D eigenvalue weighted by molar-refractivity contribution is 7.99. The van der Waals surface area contributed by atoms with Crippen molar-refractivity contribution in [3.63, 3.8) is 0 Å². The molecule has 1 heterocycles. The van der Waals surface area contributed by atoms with Gasteiger partial charge in [0.25, 0.3) is 0 Å². The maximum Gasteiger partial charge on any atom is 0.234 e. The highest BCUT2D eigenvalue weighted by atomic mass is 35.5. The van der Waals surface area contributed by atoms with Crippen molar-refractivity contribution in [2.75, 3.05) is 17.7 Å². The fourth-order valence-corrected chi connectivity index (χ4v) is 3.06. The molecule has 0 saturated heterocycles. The van der Waals surface area contributed by atoms with Crippen LogP contribution in [-0.4, -0.2) is 28.2 Å². The fourth-order valence-electron chi connectivity index (χ4n) is 2.19. The number of carbonyl (C=O) groups excluding carboxylic acids is 1. The first-order valence-electron chi connectivity index (χ1n) is 7.55. The number of H-pyrrole nitrogens is 1. The molecule has 2 aromatic carbocycles. The highest BCUT2D eigenvalue weighted by Gasteiger charge is 2.09. The van der Waals surface area contributed by atoms with E-state index in [1.165, 1.54) is 30.0 Å². The van der Waals surface area contributed by atoms with Crippen molar-refractivity contribution < 1.29 is 13.9 Å². The third-order valence-electron chi connectivity index (χ3n) is 3.29. The number of halogens is 2. The first kappa shape index (κ1) is 17.6. The van der Waals surface area contributed by atoms with Gasteiger partial charge < -0.3 is 15.0 Å². The van der Waals surface area contributed by atoms with E-state index in [4.69, 9.17) is 16.3 Å². The summed E-state index contributed by atoms with van der Waals surface area (Å²) in [5.41, 5.74) is 2.10. The zero-order valence-electron chi connectivity index (χ0n) is 13.3. The fraction of sp³-hybridized carbons (Fsp3) is 0.176. The van der Waals surface area contributed by atoms with Crippen LogP contribution in [0.2, 0.25) is 5.02 Å². The molecular weight excluding hydrogens is 365 g/mol. The summed E-state index contributed by atoms with van der Waals surface area (Å²) in [5.74, 6) is 0.166. The number of fused-ring (bicyclic) bond motifs is 1. The largest absolute Gasteiger partial charge is 0.494 e. The van der Waals surface area contributed by atoms with Crippen LogP contribution >= 0.6 is 23.4 Å². The van der Waals surface area contributed by atoms with E-state index in [0.29, 0.717) is 17.5 Å². The molecule has 2 N–H and O–H groups in total. The van der Waals surface area contributed by atoms with Crippen molar-refractivity contribution in [2.24, 2.45) is 0 Å². The van der Waals surface area contributed by atoms with Gasteiger partial charge in [-0.05, 0) is 37.3 Å². The quantitative estimate of drug-likeness (QED) is 0.619. The molecule has 1 amide bonds. The second-order valence-electron chi connectivity index (χ2n) is 5.12. The van der Waals surface area contributed by atoms with Crippen LogP contribution in [0.1, 0.15) is 6.92 Å². The standard InChI is InChI=1S/C17H15ClFN3O2S/c1-2-24-11-4-6-14-15(8-11)22-17(21-14)25-9-16(23)20-10-3-5-13(19)12(18)7-10/h3-8H,2,9H2,1H3,(H,20,23)(H,21,22). The van der Waals surface area contributed by atoms with Crippen LogP contribution in [0.15, 0.2) is 41.6 Å². The molecule has 0 spiro atoms. The van der Waals surface area contributed by atoms with Gasteiger partial charge >= 0.3 is 0 Å². The van der Waals surface area contributed by atoms with Gasteiger partial charge in [-0.1, -0.05) is 23.4 Å². The van der Waals surface area contributed by atoms with Crippen LogP contribution in [-0.2, 0) is 4.79 Å². The van der Waals surface area contributed by atoms with Gasteiger partial charge in [-0.3, -0.25) is 4.79 Å². The number of thioether (sulfide) groups is 1. The molecular formula is C17H15ClFN3O2S. The topological polar surface area (TPSA) is 67.0 Å². The van der Waals surface area contributed by atoms with Crippen molar-refractivity contribution in [3.05, 3.63) is 47.2 Å². The van der Waals surface area contributed by atoms with Crippen LogP contribution in [0.3, 0.4) is 0 Å². The Bertz CT molecular complexity index is 916. The molecule has 3 rings (SSSR count). The molecule has 25 heavy (non-hydrogen) atoms. The number of anilines is 1. The number of hydrogen-bond acceptors (Lipinski definition) is 4. The summed E-state index contributed by atoms with van der Waals surface area (Å²) in [6, 6.07) is 9.63. The number of imidazole rings is 1.